The number of sulfonamides is 1. The van der Waals surface area contributed by atoms with E-state index in [4.69, 9.17) is 4.42 Å². The van der Waals surface area contributed by atoms with Gasteiger partial charge in [0.05, 0.1) is 10.6 Å². The molecule has 4 aromatic rings. The first-order chi connectivity index (χ1) is 16.1. The number of hydrogen-bond acceptors (Lipinski definition) is 7. The number of aromatic nitrogens is 4. The van der Waals surface area contributed by atoms with E-state index in [1.165, 1.54) is 11.8 Å². The Morgan fingerprint density at radius 2 is 1.79 bits per heavy atom. The number of nitrogens with zero attached hydrogens (tertiary/aromatic N) is 5. The summed E-state index contributed by atoms with van der Waals surface area (Å²) >= 11 is 1.44. The van der Waals surface area contributed by atoms with E-state index in [-0.39, 0.29) is 4.90 Å². The summed E-state index contributed by atoms with van der Waals surface area (Å²) in [7, 11) is -3.52. The van der Waals surface area contributed by atoms with Crippen LogP contribution in [0.2, 0.25) is 0 Å². The first-order valence-electron chi connectivity index (χ1n) is 10.8. The molecule has 170 valence electrons. The Balaban J connectivity index is 1.26. The maximum Gasteiger partial charge on any atom is 0.277 e. The van der Waals surface area contributed by atoms with E-state index < -0.39 is 10.0 Å². The van der Waals surface area contributed by atoms with Crippen LogP contribution in [-0.4, -0.2) is 45.8 Å². The quantitative estimate of drug-likeness (QED) is 0.361. The lowest BCUT2D eigenvalue weighted by Crippen LogP contribution is -2.35. The predicted molar refractivity (Wildman–Crippen MR) is 125 cm³/mol. The van der Waals surface area contributed by atoms with Crippen LogP contribution in [0.1, 0.15) is 24.8 Å². The van der Waals surface area contributed by atoms with Gasteiger partial charge < -0.3 is 4.42 Å². The van der Waals surface area contributed by atoms with Crippen LogP contribution >= 0.6 is 11.8 Å². The molecule has 8 nitrogen and oxygen atoms in total. The molecule has 2 aromatic heterocycles. The Labute approximate surface area is 196 Å². The summed E-state index contributed by atoms with van der Waals surface area (Å²) in [5.74, 6) is 0.979. The number of thioether (sulfide) groups is 1. The van der Waals surface area contributed by atoms with Crippen molar-refractivity contribution >= 4 is 21.8 Å². The summed E-state index contributed by atoms with van der Waals surface area (Å²) in [6.45, 7) is 1.13. The van der Waals surface area contributed by atoms with Crippen molar-refractivity contribution in [1.82, 2.24) is 24.3 Å². The van der Waals surface area contributed by atoms with Gasteiger partial charge >= 0.3 is 0 Å². The molecular weight excluding hydrogens is 458 g/mol. The topological polar surface area (TPSA) is 94.1 Å². The van der Waals surface area contributed by atoms with Gasteiger partial charge in [0.25, 0.3) is 5.22 Å². The summed E-state index contributed by atoms with van der Waals surface area (Å²) < 4.78 is 35.1. The fourth-order valence-electron chi connectivity index (χ4n) is 3.74. The van der Waals surface area contributed by atoms with Gasteiger partial charge in [-0.3, -0.25) is 0 Å². The average molecular weight is 482 g/mol. The molecule has 1 aliphatic heterocycles. The molecule has 1 fully saturated rings. The molecule has 0 N–H and O–H groups in total. The van der Waals surface area contributed by atoms with Gasteiger partial charge in [-0.25, -0.2) is 13.1 Å². The molecule has 0 amide bonds. The van der Waals surface area contributed by atoms with Crippen molar-refractivity contribution in [2.24, 2.45) is 0 Å². The predicted octanol–water partition coefficient (Wildman–Crippen LogP) is 4.39. The van der Waals surface area contributed by atoms with Gasteiger partial charge in [-0.15, -0.1) is 10.2 Å². The molecule has 0 spiro atoms. The van der Waals surface area contributed by atoms with Gasteiger partial charge in [0.1, 0.15) is 0 Å². The highest BCUT2D eigenvalue weighted by Crippen LogP contribution is 2.28. The maximum absolute atomic E-state index is 13.0. The van der Waals surface area contributed by atoms with Gasteiger partial charge in [0.15, 0.2) is 0 Å². The number of hydrogen-bond donors (Lipinski definition) is 0. The van der Waals surface area contributed by atoms with Crippen molar-refractivity contribution in [3.05, 3.63) is 72.6 Å². The fraction of sp³-hybridized carbons (Fsp3) is 0.261. The molecule has 0 radical (unpaired) electrons. The number of rotatable bonds is 7. The van der Waals surface area contributed by atoms with E-state index in [0.717, 1.165) is 30.5 Å². The third-order valence-corrected chi connectivity index (χ3v) is 8.29. The molecule has 2 aromatic carbocycles. The highest BCUT2D eigenvalue weighted by atomic mass is 32.2. The van der Waals surface area contributed by atoms with Crippen molar-refractivity contribution in [2.75, 3.05) is 13.1 Å². The normalized spacial score (nSPS) is 15.0. The molecule has 0 atom stereocenters. The Bertz CT molecular complexity index is 1310. The monoisotopic (exact) mass is 481 g/mol. The van der Waals surface area contributed by atoms with Crippen LogP contribution in [0.3, 0.4) is 0 Å². The van der Waals surface area contributed by atoms with Gasteiger partial charge in [0, 0.05) is 36.8 Å². The van der Waals surface area contributed by atoms with Crippen LogP contribution in [0.5, 0.6) is 0 Å². The zero-order valence-corrected chi connectivity index (χ0v) is 19.5. The highest BCUT2D eigenvalue weighted by molar-refractivity contribution is 7.98. The second-order valence-electron chi connectivity index (χ2n) is 7.77. The molecule has 10 heteroatoms. The molecule has 0 unspecified atom stereocenters. The van der Waals surface area contributed by atoms with Crippen molar-refractivity contribution in [3.63, 3.8) is 0 Å². The Hall–Kier alpha value is -2.95. The molecule has 5 rings (SSSR count). The second-order valence-corrected chi connectivity index (χ2v) is 10.6. The third-order valence-electron chi connectivity index (χ3n) is 5.51. The SMILES string of the molecule is O=S(=O)(c1cccc(-c2nnc(SCc3ccc(-n4cccn4)cc3)o2)c1)N1CCCCC1. The van der Waals surface area contributed by atoms with E-state index in [2.05, 4.69) is 15.3 Å². The minimum atomic E-state index is -3.52. The molecule has 1 aliphatic rings. The Kier molecular flexibility index (Phi) is 6.30. The smallest absolute Gasteiger partial charge is 0.277 e. The third kappa shape index (κ3) is 4.87. The van der Waals surface area contributed by atoms with Crippen molar-refractivity contribution < 1.29 is 12.8 Å². The van der Waals surface area contributed by atoms with Gasteiger partial charge in [-0.2, -0.15) is 9.40 Å². The van der Waals surface area contributed by atoms with E-state index in [9.17, 15) is 8.42 Å². The lowest BCUT2D eigenvalue weighted by molar-refractivity contribution is 0.346. The van der Waals surface area contributed by atoms with E-state index >= 15 is 0 Å². The van der Waals surface area contributed by atoms with Crippen molar-refractivity contribution in [2.45, 2.75) is 35.1 Å². The van der Waals surface area contributed by atoms with E-state index in [0.29, 0.717) is 35.5 Å². The number of benzene rings is 2. The van der Waals surface area contributed by atoms with Crippen LogP contribution in [0.4, 0.5) is 0 Å². The molecule has 0 aliphatic carbocycles. The first kappa shape index (κ1) is 21.9. The summed E-state index contributed by atoms with van der Waals surface area (Å²) in [5.41, 5.74) is 2.70. The second kappa shape index (κ2) is 9.50. The largest absolute Gasteiger partial charge is 0.411 e. The van der Waals surface area contributed by atoms with E-state index in [1.807, 2.05) is 36.5 Å². The summed E-state index contributed by atoms with van der Waals surface area (Å²) in [4.78, 5) is 0.256. The molecule has 3 heterocycles. The summed E-state index contributed by atoms with van der Waals surface area (Å²) in [5, 5.41) is 12.9. The van der Waals surface area contributed by atoms with Gasteiger partial charge in [0.2, 0.25) is 15.9 Å². The van der Waals surface area contributed by atoms with Crippen LogP contribution in [0.25, 0.3) is 17.1 Å². The zero-order valence-electron chi connectivity index (χ0n) is 17.9. The Morgan fingerprint density at radius 1 is 0.970 bits per heavy atom. The van der Waals surface area contributed by atoms with E-state index in [1.54, 1.807) is 39.4 Å². The van der Waals surface area contributed by atoms with Crippen molar-refractivity contribution in [3.8, 4) is 17.1 Å². The average Bonchev–Trinajstić information content (AvgIpc) is 3.57. The number of piperidine rings is 1. The first-order valence-corrected chi connectivity index (χ1v) is 13.2. The lowest BCUT2D eigenvalue weighted by atomic mass is 10.2. The molecular formula is C23H23N5O3S2. The van der Waals surface area contributed by atoms with Crippen LogP contribution < -0.4 is 0 Å². The van der Waals surface area contributed by atoms with Crippen LogP contribution in [0, 0.1) is 0 Å². The van der Waals surface area contributed by atoms with Gasteiger partial charge in [-0.05, 0) is 54.8 Å². The molecule has 0 saturated carbocycles. The zero-order chi connectivity index (χ0) is 22.7. The van der Waals surface area contributed by atoms with Gasteiger partial charge in [-0.1, -0.05) is 36.4 Å². The summed E-state index contributed by atoms with van der Waals surface area (Å²) in [6, 6.07) is 16.7. The minimum Gasteiger partial charge on any atom is -0.411 e. The molecule has 1 saturated heterocycles. The molecule has 0 bridgehead atoms. The van der Waals surface area contributed by atoms with Crippen molar-refractivity contribution in [1.29, 1.82) is 0 Å². The summed E-state index contributed by atoms with van der Waals surface area (Å²) in [6.07, 6.45) is 6.51. The van der Waals surface area contributed by atoms with Crippen LogP contribution in [-0.2, 0) is 15.8 Å². The van der Waals surface area contributed by atoms with Crippen LogP contribution in [0.15, 0.2) is 81.5 Å². The lowest BCUT2D eigenvalue weighted by Gasteiger charge is -2.25. The Morgan fingerprint density at radius 3 is 2.55 bits per heavy atom. The highest BCUT2D eigenvalue weighted by Gasteiger charge is 2.26. The fourth-order valence-corrected chi connectivity index (χ4v) is 6.02. The molecule has 33 heavy (non-hydrogen) atoms. The maximum atomic E-state index is 13.0. The standard InChI is InChI=1S/C23H23N5O3S2/c29-33(30,27-13-2-1-3-14-27)21-7-4-6-19(16-21)22-25-26-23(31-22)32-17-18-8-10-20(11-9-18)28-15-5-12-24-28/h4-12,15-16H,1-3,13-14,17H2. The minimum absolute atomic E-state index is 0.256.